The minimum absolute atomic E-state index is 0.00665. The summed E-state index contributed by atoms with van der Waals surface area (Å²) in [5, 5.41) is 6.64. The Morgan fingerprint density at radius 1 is 1.04 bits per heavy atom. The van der Waals surface area contributed by atoms with Crippen molar-refractivity contribution in [1.82, 2.24) is 10.6 Å². The monoisotopic (exact) mass is 350 g/mol. The van der Waals surface area contributed by atoms with Gasteiger partial charge in [0.05, 0.1) is 0 Å². The fourth-order valence-corrected chi connectivity index (χ4v) is 3.32. The Balaban J connectivity index is 1.72. The van der Waals surface area contributed by atoms with Gasteiger partial charge in [-0.2, -0.15) is 0 Å². The lowest BCUT2D eigenvalue weighted by Crippen LogP contribution is -2.37. The highest BCUT2D eigenvalue weighted by atomic mass is 35.5. The average Bonchev–Trinajstić information content (AvgIpc) is 2.61. The Bertz CT molecular complexity index is 554. The van der Waals surface area contributed by atoms with Crippen LogP contribution in [0.4, 0.5) is 0 Å². The van der Waals surface area contributed by atoms with Gasteiger partial charge in [0.1, 0.15) is 0 Å². The van der Waals surface area contributed by atoms with Crippen molar-refractivity contribution in [3.8, 4) is 0 Å². The molecule has 1 aliphatic rings. The van der Waals surface area contributed by atoms with Gasteiger partial charge in [0.25, 0.3) is 0 Å². The Hall–Kier alpha value is -1.55. The van der Waals surface area contributed by atoms with Crippen LogP contribution in [0.15, 0.2) is 24.3 Å². The predicted octanol–water partition coefficient (Wildman–Crippen LogP) is 3.68. The number of benzene rings is 1. The number of hydrogen-bond donors (Lipinski definition) is 2. The number of carbonyl (C=O) groups is 2. The van der Waals surface area contributed by atoms with Crippen molar-refractivity contribution in [2.75, 3.05) is 6.54 Å². The SMILES string of the molecule is CCCCNC(=O)C1CCC(C(=O)NCc2ccccc2Cl)CC1. The molecule has 4 nitrogen and oxygen atoms in total. The van der Waals surface area contributed by atoms with Crippen molar-refractivity contribution in [2.24, 2.45) is 11.8 Å². The minimum Gasteiger partial charge on any atom is -0.356 e. The number of halogens is 1. The molecule has 0 aliphatic heterocycles. The summed E-state index contributed by atoms with van der Waals surface area (Å²) in [5.74, 6) is 0.291. The molecule has 2 rings (SSSR count). The van der Waals surface area contributed by atoms with Gasteiger partial charge in [-0.3, -0.25) is 9.59 Å². The fourth-order valence-electron chi connectivity index (χ4n) is 3.12. The molecule has 1 aromatic carbocycles. The number of carbonyl (C=O) groups excluding carboxylic acids is 2. The quantitative estimate of drug-likeness (QED) is 0.737. The second-order valence-corrected chi connectivity index (χ2v) is 6.91. The van der Waals surface area contributed by atoms with Crippen molar-refractivity contribution in [1.29, 1.82) is 0 Å². The van der Waals surface area contributed by atoms with Crippen molar-refractivity contribution >= 4 is 23.4 Å². The first-order valence-corrected chi connectivity index (χ1v) is 9.28. The van der Waals surface area contributed by atoms with E-state index in [1.807, 2.05) is 24.3 Å². The van der Waals surface area contributed by atoms with Gasteiger partial charge in [0.2, 0.25) is 11.8 Å². The number of amides is 2. The predicted molar refractivity (Wildman–Crippen MR) is 96.7 cm³/mol. The summed E-state index contributed by atoms with van der Waals surface area (Å²) in [7, 11) is 0. The van der Waals surface area contributed by atoms with Gasteiger partial charge < -0.3 is 10.6 Å². The van der Waals surface area contributed by atoms with Gasteiger partial charge >= 0.3 is 0 Å². The van der Waals surface area contributed by atoms with E-state index in [1.165, 1.54) is 0 Å². The van der Waals surface area contributed by atoms with Gasteiger partial charge in [-0.15, -0.1) is 0 Å². The van der Waals surface area contributed by atoms with Gasteiger partial charge in [-0.1, -0.05) is 43.1 Å². The zero-order valence-electron chi connectivity index (χ0n) is 14.3. The van der Waals surface area contributed by atoms with Crippen LogP contribution >= 0.6 is 11.6 Å². The molecule has 1 saturated carbocycles. The molecule has 0 spiro atoms. The molecule has 1 aromatic rings. The molecule has 0 bridgehead atoms. The first-order valence-electron chi connectivity index (χ1n) is 8.90. The molecule has 132 valence electrons. The number of hydrogen-bond acceptors (Lipinski definition) is 2. The molecule has 2 amide bonds. The summed E-state index contributed by atoms with van der Waals surface area (Å²) in [6, 6.07) is 7.53. The van der Waals surface area contributed by atoms with E-state index in [0.717, 1.165) is 50.6 Å². The van der Waals surface area contributed by atoms with Crippen molar-refractivity contribution in [2.45, 2.75) is 52.0 Å². The molecule has 5 heteroatoms. The van der Waals surface area contributed by atoms with E-state index in [9.17, 15) is 9.59 Å². The largest absolute Gasteiger partial charge is 0.356 e. The highest BCUT2D eigenvalue weighted by Crippen LogP contribution is 2.29. The summed E-state index contributed by atoms with van der Waals surface area (Å²) in [4.78, 5) is 24.4. The van der Waals surface area contributed by atoms with E-state index in [0.29, 0.717) is 11.6 Å². The number of unbranched alkanes of at least 4 members (excludes halogenated alkanes) is 1. The van der Waals surface area contributed by atoms with Gasteiger partial charge in [-0.05, 0) is 43.7 Å². The Labute approximate surface area is 149 Å². The Kier molecular flexibility index (Phi) is 7.57. The van der Waals surface area contributed by atoms with Crippen molar-refractivity contribution in [3.63, 3.8) is 0 Å². The first kappa shape index (κ1) is 18.8. The molecule has 1 aliphatic carbocycles. The van der Waals surface area contributed by atoms with Crippen molar-refractivity contribution in [3.05, 3.63) is 34.9 Å². The van der Waals surface area contributed by atoms with Crippen LogP contribution in [-0.2, 0) is 16.1 Å². The van der Waals surface area contributed by atoms with Gasteiger partial charge in [-0.25, -0.2) is 0 Å². The maximum atomic E-state index is 12.3. The van der Waals surface area contributed by atoms with Crippen LogP contribution in [-0.4, -0.2) is 18.4 Å². The topological polar surface area (TPSA) is 58.2 Å². The van der Waals surface area contributed by atoms with Crippen molar-refractivity contribution < 1.29 is 9.59 Å². The molecule has 1 fully saturated rings. The second-order valence-electron chi connectivity index (χ2n) is 6.50. The molecule has 0 atom stereocenters. The highest BCUT2D eigenvalue weighted by Gasteiger charge is 2.29. The number of nitrogens with one attached hydrogen (secondary N) is 2. The summed E-state index contributed by atoms with van der Waals surface area (Å²) in [6.07, 6.45) is 5.24. The van der Waals surface area contributed by atoms with E-state index in [4.69, 9.17) is 11.6 Å². The standard InChI is InChI=1S/C19H27ClN2O2/c1-2-3-12-21-18(23)14-8-10-15(11-9-14)19(24)22-13-16-6-4-5-7-17(16)20/h4-7,14-15H,2-3,8-13H2,1H3,(H,21,23)(H,22,24). The highest BCUT2D eigenvalue weighted by molar-refractivity contribution is 6.31. The second kappa shape index (κ2) is 9.67. The fraction of sp³-hybridized carbons (Fsp3) is 0.579. The van der Waals surface area contributed by atoms with E-state index >= 15 is 0 Å². The molecule has 0 heterocycles. The maximum Gasteiger partial charge on any atom is 0.223 e. The summed E-state index contributed by atoms with van der Waals surface area (Å²) < 4.78 is 0. The van der Waals surface area contributed by atoms with Crippen LogP contribution in [0.3, 0.4) is 0 Å². The Morgan fingerprint density at radius 3 is 2.21 bits per heavy atom. The third-order valence-electron chi connectivity index (χ3n) is 4.71. The molecular formula is C19H27ClN2O2. The molecule has 0 unspecified atom stereocenters. The lowest BCUT2D eigenvalue weighted by Gasteiger charge is -2.27. The summed E-state index contributed by atoms with van der Waals surface area (Å²) in [6.45, 7) is 3.32. The third kappa shape index (κ3) is 5.52. The summed E-state index contributed by atoms with van der Waals surface area (Å²) >= 11 is 6.10. The minimum atomic E-state index is 0.00665. The first-order chi connectivity index (χ1) is 11.6. The lowest BCUT2D eigenvalue weighted by atomic mass is 9.81. The van der Waals surface area contributed by atoms with Crippen LogP contribution in [0, 0.1) is 11.8 Å². The molecule has 0 radical (unpaired) electrons. The zero-order chi connectivity index (χ0) is 17.4. The Morgan fingerprint density at radius 2 is 1.62 bits per heavy atom. The van der Waals surface area contributed by atoms with E-state index in [-0.39, 0.29) is 23.7 Å². The van der Waals surface area contributed by atoms with Crippen LogP contribution in [0.25, 0.3) is 0 Å². The third-order valence-corrected chi connectivity index (χ3v) is 5.08. The normalized spacial score (nSPS) is 20.4. The van der Waals surface area contributed by atoms with E-state index < -0.39 is 0 Å². The van der Waals surface area contributed by atoms with Gasteiger partial charge in [0, 0.05) is 29.9 Å². The maximum absolute atomic E-state index is 12.3. The van der Waals surface area contributed by atoms with E-state index in [1.54, 1.807) is 0 Å². The zero-order valence-corrected chi connectivity index (χ0v) is 15.1. The molecular weight excluding hydrogens is 324 g/mol. The van der Waals surface area contributed by atoms with Crippen LogP contribution in [0.2, 0.25) is 5.02 Å². The molecule has 24 heavy (non-hydrogen) atoms. The smallest absolute Gasteiger partial charge is 0.223 e. The number of rotatable bonds is 7. The lowest BCUT2D eigenvalue weighted by molar-refractivity contribution is -0.130. The summed E-state index contributed by atoms with van der Waals surface area (Å²) in [5.41, 5.74) is 0.927. The van der Waals surface area contributed by atoms with Crippen LogP contribution in [0.5, 0.6) is 0 Å². The molecule has 2 N–H and O–H groups in total. The van der Waals surface area contributed by atoms with E-state index in [2.05, 4.69) is 17.6 Å². The van der Waals surface area contributed by atoms with Crippen LogP contribution in [0.1, 0.15) is 51.0 Å². The van der Waals surface area contributed by atoms with Gasteiger partial charge in [0.15, 0.2) is 0 Å². The molecule has 0 saturated heterocycles. The average molecular weight is 351 g/mol. The molecule has 0 aromatic heterocycles. The van der Waals surface area contributed by atoms with Crippen LogP contribution < -0.4 is 10.6 Å².